The molecule has 1 saturated carbocycles. The van der Waals surface area contributed by atoms with Gasteiger partial charge >= 0.3 is 0 Å². The lowest BCUT2D eigenvalue weighted by Crippen LogP contribution is -2.11. The lowest BCUT2D eigenvalue weighted by atomic mass is 9.86. The summed E-state index contributed by atoms with van der Waals surface area (Å²) < 4.78 is 1.20. The number of thiophene rings is 1. The first kappa shape index (κ1) is 11.9. The van der Waals surface area contributed by atoms with Crippen LogP contribution < -0.4 is 0 Å². The molecule has 15 heavy (non-hydrogen) atoms. The molecule has 1 heterocycles. The van der Waals surface area contributed by atoms with Crippen LogP contribution in [0.15, 0.2) is 10.5 Å². The van der Waals surface area contributed by atoms with Crippen LogP contribution in [0.3, 0.4) is 0 Å². The highest BCUT2D eigenvalue weighted by molar-refractivity contribution is 9.10. The molecule has 1 aliphatic rings. The van der Waals surface area contributed by atoms with Crippen LogP contribution in [0.25, 0.3) is 0 Å². The van der Waals surface area contributed by atoms with E-state index in [0.717, 1.165) is 0 Å². The van der Waals surface area contributed by atoms with Crippen molar-refractivity contribution in [2.45, 2.75) is 44.4 Å². The van der Waals surface area contributed by atoms with Crippen LogP contribution in [-0.4, -0.2) is 0 Å². The quantitative estimate of drug-likeness (QED) is 0.617. The molecule has 0 saturated heterocycles. The van der Waals surface area contributed by atoms with Crippen LogP contribution in [0.1, 0.15) is 47.2 Å². The van der Waals surface area contributed by atoms with Crippen molar-refractivity contribution >= 4 is 38.9 Å². The van der Waals surface area contributed by atoms with Crippen molar-refractivity contribution in [2.75, 3.05) is 0 Å². The number of rotatable bonds is 2. The van der Waals surface area contributed by atoms with Gasteiger partial charge in [-0.3, -0.25) is 0 Å². The maximum absolute atomic E-state index is 6.58. The Balaban J connectivity index is 2.12. The first-order valence-corrected chi connectivity index (χ1v) is 7.63. The molecule has 0 radical (unpaired) electrons. The molecule has 2 rings (SSSR count). The Morgan fingerprint density at radius 1 is 1.40 bits per heavy atom. The molecule has 3 heteroatoms. The molecule has 1 atom stereocenters. The summed E-state index contributed by atoms with van der Waals surface area (Å²) in [5, 5.41) is 0.221. The van der Waals surface area contributed by atoms with E-state index in [-0.39, 0.29) is 5.38 Å². The van der Waals surface area contributed by atoms with E-state index in [2.05, 4.69) is 28.9 Å². The Hall–Kier alpha value is 0.470. The molecule has 1 aromatic heterocycles. The first-order chi connectivity index (χ1) is 7.18. The molecule has 0 bridgehead atoms. The van der Waals surface area contributed by atoms with Gasteiger partial charge in [-0.05, 0) is 47.7 Å². The van der Waals surface area contributed by atoms with Crippen LogP contribution in [0.4, 0.5) is 0 Å². The average Bonchev–Trinajstić information content (AvgIpc) is 2.58. The van der Waals surface area contributed by atoms with Gasteiger partial charge in [-0.2, -0.15) is 0 Å². The second kappa shape index (κ2) is 5.20. The second-order valence-electron chi connectivity index (χ2n) is 4.37. The van der Waals surface area contributed by atoms with Gasteiger partial charge in [0.2, 0.25) is 0 Å². The van der Waals surface area contributed by atoms with Crippen molar-refractivity contribution in [3.63, 3.8) is 0 Å². The third-order valence-electron chi connectivity index (χ3n) is 3.15. The lowest BCUT2D eigenvalue weighted by molar-refractivity contribution is 0.350. The SMILES string of the molecule is Cc1cc(Br)c(C(Cl)C2CCCCC2)s1. The van der Waals surface area contributed by atoms with Gasteiger partial charge in [0.25, 0.3) is 0 Å². The third-order valence-corrected chi connectivity index (χ3v) is 5.91. The predicted molar refractivity (Wildman–Crippen MR) is 71.9 cm³/mol. The fourth-order valence-electron chi connectivity index (χ4n) is 2.33. The van der Waals surface area contributed by atoms with Gasteiger partial charge in [-0.25, -0.2) is 0 Å². The highest BCUT2D eigenvalue weighted by Crippen LogP contribution is 2.44. The summed E-state index contributed by atoms with van der Waals surface area (Å²) in [6.45, 7) is 2.14. The normalized spacial score (nSPS) is 20.5. The van der Waals surface area contributed by atoms with Gasteiger partial charge in [-0.1, -0.05) is 19.3 Å². The Bertz CT molecular complexity index is 328. The van der Waals surface area contributed by atoms with Crippen molar-refractivity contribution in [3.8, 4) is 0 Å². The highest BCUT2D eigenvalue weighted by Gasteiger charge is 2.25. The van der Waals surface area contributed by atoms with E-state index >= 15 is 0 Å². The summed E-state index contributed by atoms with van der Waals surface area (Å²) in [7, 11) is 0. The monoisotopic (exact) mass is 306 g/mol. The number of hydrogen-bond acceptors (Lipinski definition) is 1. The molecular formula is C12H16BrClS. The van der Waals surface area contributed by atoms with Crippen molar-refractivity contribution in [2.24, 2.45) is 5.92 Å². The molecule has 0 amide bonds. The Labute approximate surface area is 109 Å². The van der Waals surface area contributed by atoms with E-state index in [1.807, 2.05) is 11.3 Å². The first-order valence-electron chi connectivity index (χ1n) is 5.58. The molecule has 1 aromatic rings. The standard InChI is InChI=1S/C12H16BrClS/c1-8-7-10(13)12(15-8)11(14)9-5-3-2-4-6-9/h7,9,11H,2-6H2,1H3. The molecule has 0 spiro atoms. The molecule has 0 aromatic carbocycles. The summed E-state index contributed by atoms with van der Waals surface area (Å²) in [4.78, 5) is 2.68. The Kier molecular flexibility index (Phi) is 4.14. The van der Waals surface area contributed by atoms with Gasteiger partial charge in [-0.15, -0.1) is 22.9 Å². The molecule has 0 nitrogen and oxygen atoms in total. The minimum Gasteiger partial charge on any atom is -0.143 e. The van der Waals surface area contributed by atoms with E-state index in [0.29, 0.717) is 5.92 Å². The van der Waals surface area contributed by atoms with Crippen LogP contribution in [-0.2, 0) is 0 Å². The van der Waals surface area contributed by atoms with E-state index in [1.165, 1.54) is 46.3 Å². The topological polar surface area (TPSA) is 0 Å². The molecule has 0 N–H and O–H groups in total. The van der Waals surface area contributed by atoms with Crippen molar-refractivity contribution in [1.29, 1.82) is 0 Å². The smallest absolute Gasteiger partial charge is 0.0718 e. The predicted octanol–water partition coefficient (Wildman–Crippen LogP) is 5.68. The third kappa shape index (κ3) is 2.78. The van der Waals surface area contributed by atoms with E-state index in [1.54, 1.807) is 0 Å². The van der Waals surface area contributed by atoms with Crippen LogP contribution >= 0.6 is 38.9 Å². The summed E-state index contributed by atoms with van der Waals surface area (Å²) in [5.41, 5.74) is 0. The second-order valence-corrected chi connectivity index (χ2v) is 6.98. The number of alkyl halides is 1. The van der Waals surface area contributed by atoms with Crippen LogP contribution in [0, 0.1) is 12.8 Å². The maximum Gasteiger partial charge on any atom is 0.0718 e. The summed E-state index contributed by atoms with van der Waals surface area (Å²) in [6.07, 6.45) is 6.71. The summed E-state index contributed by atoms with van der Waals surface area (Å²) in [6, 6.07) is 2.18. The zero-order chi connectivity index (χ0) is 10.8. The molecule has 84 valence electrons. The maximum atomic E-state index is 6.58. The van der Waals surface area contributed by atoms with Gasteiger partial charge in [0, 0.05) is 14.2 Å². The largest absolute Gasteiger partial charge is 0.143 e. The number of aryl methyl sites for hydroxylation is 1. The zero-order valence-electron chi connectivity index (χ0n) is 8.93. The van der Waals surface area contributed by atoms with Gasteiger partial charge in [0.05, 0.1) is 5.38 Å². The van der Waals surface area contributed by atoms with Crippen LogP contribution in [0.2, 0.25) is 0 Å². The number of halogens is 2. The summed E-state index contributed by atoms with van der Waals surface area (Å²) in [5.74, 6) is 0.690. The summed E-state index contributed by atoms with van der Waals surface area (Å²) >= 11 is 12.0. The molecule has 0 aliphatic heterocycles. The molecule has 1 unspecified atom stereocenters. The Morgan fingerprint density at radius 2 is 2.07 bits per heavy atom. The molecule has 1 aliphatic carbocycles. The van der Waals surface area contributed by atoms with E-state index < -0.39 is 0 Å². The van der Waals surface area contributed by atoms with E-state index in [4.69, 9.17) is 11.6 Å². The highest BCUT2D eigenvalue weighted by atomic mass is 79.9. The Morgan fingerprint density at radius 3 is 2.60 bits per heavy atom. The number of hydrogen-bond donors (Lipinski definition) is 0. The molecule has 1 fully saturated rings. The van der Waals surface area contributed by atoms with Gasteiger partial charge in [0.1, 0.15) is 0 Å². The fourth-order valence-corrected chi connectivity index (χ4v) is 4.93. The minimum absolute atomic E-state index is 0.221. The zero-order valence-corrected chi connectivity index (χ0v) is 12.1. The fraction of sp³-hybridized carbons (Fsp3) is 0.667. The van der Waals surface area contributed by atoms with Crippen LogP contribution in [0.5, 0.6) is 0 Å². The van der Waals surface area contributed by atoms with Gasteiger partial charge in [0.15, 0.2) is 0 Å². The van der Waals surface area contributed by atoms with Gasteiger partial charge < -0.3 is 0 Å². The van der Waals surface area contributed by atoms with Crippen molar-refractivity contribution in [1.82, 2.24) is 0 Å². The minimum atomic E-state index is 0.221. The van der Waals surface area contributed by atoms with Crippen molar-refractivity contribution in [3.05, 3.63) is 20.3 Å². The molecular weight excluding hydrogens is 292 g/mol. The lowest BCUT2D eigenvalue weighted by Gasteiger charge is -2.25. The van der Waals surface area contributed by atoms with E-state index in [9.17, 15) is 0 Å². The average molecular weight is 308 g/mol. The van der Waals surface area contributed by atoms with Crippen molar-refractivity contribution < 1.29 is 0 Å².